The Hall–Kier alpha value is -3.63. The predicted octanol–water partition coefficient (Wildman–Crippen LogP) is 5.27. The topological polar surface area (TPSA) is 94.0 Å². The van der Waals surface area contributed by atoms with Gasteiger partial charge in [-0.05, 0) is 70.8 Å². The molecule has 176 valence electrons. The molecule has 0 bridgehead atoms. The van der Waals surface area contributed by atoms with Crippen LogP contribution in [0.5, 0.6) is 0 Å². The summed E-state index contributed by atoms with van der Waals surface area (Å²) in [6, 6.07) is 17.7. The highest BCUT2D eigenvalue weighted by atomic mass is 16.6. The summed E-state index contributed by atoms with van der Waals surface area (Å²) in [6.07, 6.45) is 0.567. The van der Waals surface area contributed by atoms with Crippen molar-refractivity contribution >= 4 is 11.9 Å². The van der Waals surface area contributed by atoms with Gasteiger partial charge >= 0.3 is 6.09 Å². The molecule has 1 atom stereocenters. The van der Waals surface area contributed by atoms with Crippen molar-refractivity contribution in [3.05, 3.63) is 59.7 Å². The van der Waals surface area contributed by atoms with E-state index < -0.39 is 11.7 Å². The highest BCUT2D eigenvalue weighted by molar-refractivity contribution is 5.97. The lowest BCUT2D eigenvalue weighted by molar-refractivity contribution is 0.0574. The van der Waals surface area contributed by atoms with Crippen LogP contribution in [0.3, 0.4) is 0 Å². The molecule has 3 aromatic rings. The maximum atomic E-state index is 13.4. The lowest BCUT2D eigenvalue weighted by Crippen LogP contribution is -2.40. The van der Waals surface area contributed by atoms with E-state index >= 15 is 0 Å². The fourth-order valence-corrected chi connectivity index (χ4v) is 4.13. The first kappa shape index (κ1) is 23.5. The number of nitrogens with one attached hydrogen (secondary N) is 2. The highest BCUT2D eigenvalue weighted by Crippen LogP contribution is 2.39. The van der Waals surface area contributed by atoms with Gasteiger partial charge < -0.3 is 10.1 Å². The van der Waals surface area contributed by atoms with E-state index in [9.17, 15) is 10.1 Å². The normalized spacial score (nSPS) is 15.7. The predicted molar refractivity (Wildman–Crippen MR) is 133 cm³/mol. The van der Waals surface area contributed by atoms with E-state index in [0.29, 0.717) is 23.8 Å². The first-order valence-electron chi connectivity index (χ1n) is 11.6. The van der Waals surface area contributed by atoms with Crippen LogP contribution < -0.4 is 10.2 Å². The largest absolute Gasteiger partial charge is 0.443 e. The number of amides is 1. The SMILES string of the molecule is Cc1ccc(-c2[nH]nc(N(C[C@H]3CCNC3)C(=O)OC(C)(C)C)c2-c2ccc(C#N)cc2)cc1. The summed E-state index contributed by atoms with van der Waals surface area (Å²) in [6.45, 7) is 9.93. The van der Waals surface area contributed by atoms with E-state index in [4.69, 9.17) is 4.74 Å². The number of nitriles is 1. The van der Waals surface area contributed by atoms with Gasteiger partial charge in [-0.15, -0.1) is 0 Å². The third-order valence-electron chi connectivity index (χ3n) is 5.86. The number of anilines is 1. The number of carbonyl (C=O) groups excluding carboxylic acids is 1. The van der Waals surface area contributed by atoms with E-state index in [1.807, 2.05) is 64.1 Å². The van der Waals surface area contributed by atoms with Gasteiger partial charge in [0.25, 0.3) is 0 Å². The van der Waals surface area contributed by atoms with Gasteiger partial charge in [-0.1, -0.05) is 42.0 Å². The zero-order valence-corrected chi connectivity index (χ0v) is 20.2. The molecule has 0 saturated carbocycles. The number of aryl methyl sites for hydroxylation is 1. The maximum absolute atomic E-state index is 13.4. The van der Waals surface area contributed by atoms with Crippen LogP contribution >= 0.6 is 0 Å². The van der Waals surface area contributed by atoms with Crippen molar-refractivity contribution < 1.29 is 9.53 Å². The molecule has 1 aromatic heterocycles. The first-order valence-corrected chi connectivity index (χ1v) is 11.6. The summed E-state index contributed by atoms with van der Waals surface area (Å²) < 4.78 is 5.79. The molecule has 34 heavy (non-hydrogen) atoms. The summed E-state index contributed by atoms with van der Waals surface area (Å²) in [4.78, 5) is 15.1. The number of carbonyl (C=O) groups is 1. The van der Waals surface area contributed by atoms with Crippen molar-refractivity contribution in [1.82, 2.24) is 15.5 Å². The molecule has 0 radical (unpaired) electrons. The minimum absolute atomic E-state index is 0.306. The summed E-state index contributed by atoms with van der Waals surface area (Å²) >= 11 is 0. The molecular formula is C27H31N5O2. The number of aromatic nitrogens is 2. The van der Waals surface area contributed by atoms with Crippen molar-refractivity contribution in [2.45, 2.75) is 39.7 Å². The third kappa shape index (κ3) is 5.29. The molecule has 0 aliphatic carbocycles. The molecule has 1 amide bonds. The van der Waals surface area contributed by atoms with Gasteiger partial charge in [0.05, 0.1) is 22.9 Å². The van der Waals surface area contributed by atoms with Crippen molar-refractivity contribution in [3.63, 3.8) is 0 Å². The molecule has 7 heteroatoms. The average molecular weight is 458 g/mol. The second-order valence-electron chi connectivity index (χ2n) is 9.80. The van der Waals surface area contributed by atoms with Gasteiger partial charge in [0.1, 0.15) is 5.60 Å². The Kier molecular flexibility index (Phi) is 6.71. The Bertz CT molecular complexity index is 1180. The van der Waals surface area contributed by atoms with Crippen LogP contribution in [0.15, 0.2) is 48.5 Å². The molecule has 4 rings (SSSR count). The van der Waals surface area contributed by atoms with Crippen molar-refractivity contribution in [2.24, 2.45) is 5.92 Å². The number of ether oxygens (including phenoxy) is 1. The molecule has 2 N–H and O–H groups in total. The Balaban J connectivity index is 1.84. The van der Waals surface area contributed by atoms with Crippen LogP contribution in [0.4, 0.5) is 10.6 Å². The summed E-state index contributed by atoms with van der Waals surface area (Å²) in [7, 11) is 0. The second kappa shape index (κ2) is 9.70. The van der Waals surface area contributed by atoms with E-state index in [0.717, 1.165) is 47.5 Å². The molecule has 0 spiro atoms. The number of aromatic amines is 1. The van der Waals surface area contributed by atoms with Gasteiger partial charge in [-0.3, -0.25) is 10.00 Å². The molecular weight excluding hydrogens is 426 g/mol. The van der Waals surface area contributed by atoms with Crippen molar-refractivity contribution in [2.75, 3.05) is 24.5 Å². The number of hydrogen-bond acceptors (Lipinski definition) is 5. The molecule has 2 aromatic carbocycles. The van der Waals surface area contributed by atoms with Gasteiger partial charge in [0.15, 0.2) is 5.82 Å². The number of rotatable bonds is 5. The lowest BCUT2D eigenvalue weighted by atomic mass is 9.98. The standard InChI is InChI=1S/C27H31N5O2/c1-18-5-9-22(10-6-18)24-23(21-11-7-19(15-28)8-12-21)25(31-30-24)32(17-20-13-14-29-16-20)26(33)34-27(2,3)4/h5-12,20,29H,13-14,16-17H2,1-4H3,(H,30,31)/t20-/m0/s1. The average Bonchev–Trinajstić information content (AvgIpc) is 3.47. The minimum atomic E-state index is -0.631. The quantitative estimate of drug-likeness (QED) is 0.544. The number of benzene rings is 2. The smallest absolute Gasteiger partial charge is 0.416 e. The van der Waals surface area contributed by atoms with Crippen LogP contribution in [0, 0.1) is 24.2 Å². The molecule has 1 saturated heterocycles. The highest BCUT2D eigenvalue weighted by Gasteiger charge is 2.32. The second-order valence-corrected chi connectivity index (χ2v) is 9.80. The zero-order valence-electron chi connectivity index (χ0n) is 20.2. The number of nitrogens with zero attached hydrogens (tertiary/aromatic N) is 3. The third-order valence-corrected chi connectivity index (χ3v) is 5.86. The summed E-state index contributed by atoms with van der Waals surface area (Å²) in [5.41, 5.74) is 4.57. The van der Waals surface area contributed by atoms with E-state index in [2.05, 4.69) is 21.6 Å². The fourth-order valence-electron chi connectivity index (χ4n) is 4.13. The first-order chi connectivity index (χ1) is 16.2. The van der Waals surface area contributed by atoms with E-state index in [-0.39, 0.29) is 0 Å². The van der Waals surface area contributed by atoms with Crippen LogP contribution in [0.25, 0.3) is 22.4 Å². The van der Waals surface area contributed by atoms with Gasteiger partial charge in [-0.2, -0.15) is 10.4 Å². The van der Waals surface area contributed by atoms with Crippen LogP contribution in [0.2, 0.25) is 0 Å². The van der Waals surface area contributed by atoms with E-state index in [1.54, 1.807) is 17.0 Å². The Morgan fingerprint density at radius 3 is 2.41 bits per heavy atom. The zero-order chi connectivity index (χ0) is 24.3. The number of hydrogen-bond donors (Lipinski definition) is 2. The molecule has 1 fully saturated rings. The van der Waals surface area contributed by atoms with Crippen molar-refractivity contribution in [1.29, 1.82) is 5.26 Å². The van der Waals surface area contributed by atoms with Gasteiger partial charge in [-0.25, -0.2) is 4.79 Å². The molecule has 1 aliphatic heterocycles. The molecule has 7 nitrogen and oxygen atoms in total. The Morgan fingerprint density at radius 1 is 1.15 bits per heavy atom. The van der Waals surface area contributed by atoms with Gasteiger partial charge in [0, 0.05) is 12.1 Å². The van der Waals surface area contributed by atoms with Gasteiger partial charge in [0.2, 0.25) is 0 Å². The Labute approximate surface area is 200 Å². The minimum Gasteiger partial charge on any atom is -0.443 e. The van der Waals surface area contributed by atoms with Crippen LogP contribution in [0.1, 0.15) is 38.3 Å². The van der Waals surface area contributed by atoms with Crippen LogP contribution in [-0.2, 0) is 4.74 Å². The molecule has 0 unspecified atom stereocenters. The lowest BCUT2D eigenvalue weighted by Gasteiger charge is -2.28. The molecule has 2 heterocycles. The summed E-state index contributed by atoms with van der Waals surface area (Å²) in [5.74, 6) is 0.835. The van der Waals surface area contributed by atoms with Crippen molar-refractivity contribution in [3.8, 4) is 28.5 Å². The fraction of sp³-hybridized carbons (Fsp3) is 0.370. The molecule has 1 aliphatic rings. The van der Waals surface area contributed by atoms with E-state index in [1.165, 1.54) is 0 Å². The Morgan fingerprint density at radius 2 is 1.82 bits per heavy atom. The monoisotopic (exact) mass is 457 g/mol. The number of H-pyrrole nitrogens is 1. The maximum Gasteiger partial charge on any atom is 0.416 e. The van der Waals surface area contributed by atoms with Crippen LogP contribution in [-0.4, -0.2) is 41.5 Å². The summed E-state index contributed by atoms with van der Waals surface area (Å²) in [5, 5.41) is 20.5.